The van der Waals surface area contributed by atoms with Crippen LogP contribution < -0.4 is 15.8 Å². The number of carbonyl (C=O) groups excluding carboxylic acids is 3. The van der Waals surface area contributed by atoms with Gasteiger partial charge in [-0.2, -0.15) is 0 Å². The standard InChI is InChI=1S/C11H11N3O5S/c12-20(18,19)7-3-1-6(2-4-7)5-8-9(15)13-11(17)14-10(8)16/h1-4,8H,5H2,(H2,12,18,19)(H2,13,14,15,16,17). The van der Waals surface area contributed by atoms with Gasteiger partial charge in [-0.1, -0.05) is 12.1 Å². The van der Waals surface area contributed by atoms with Crippen LogP contribution in [0.3, 0.4) is 0 Å². The van der Waals surface area contributed by atoms with Crippen LogP contribution in [0, 0.1) is 5.92 Å². The molecule has 8 nitrogen and oxygen atoms in total. The third-order valence-corrected chi connectivity index (χ3v) is 3.73. The molecule has 0 unspecified atom stereocenters. The fourth-order valence-corrected chi connectivity index (χ4v) is 2.30. The van der Waals surface area contributed by atoms with Crippen molar-refractivity contribution >= 4 is 27.9 Å². The zero-order chi connectivity index (χ0) is 14.9. The molecular weight excluding hydrogens is 286 g/mol. The fourth-order valence-electron chi connectivity index (χ4n) is 1.78. The molecule has 9 heteroatoms. The van der Waals surface area contributed by atoms with Crippen LogP contribution >= 0.6 is 0 Å². The number of sulfonamides is 1. The fraction of sp³-hybridized carbons (Fsp3) is 0.182. The van der Waals surface area contributed by atoms with E-state index in [9.17, 15) is 22.8 Å². The van der Waals surface area contributed by atoms with E-state index >= 15 is 0 Å². The molecule has 1 heterocycles. The Bertz CT molecular complexity index is 661. The van der Waals surface area contributed by atoms with E-state index < -0.39 is 33.8 Å². The lowest BCUT2D eigenvalue weighted by molar-refractivity contribution is -0.135. The summed E-state index contributed by atoms with van der Waals surface area (Å²) < 4.78 is 22.2. The largest absolute Gasteiger partial charge is 0.328 e. The van der Waals surface area contributed by atoms with E-state index in [0.717, 1.165) is 0 Å². The molecule has 0 aromatic heterocycles. The van der Waals surface area contributed by atoms with Crippen LogP contribution in [0.4, 0.5) is 4.79 Å². The van der Waals surface area contributed by atoms with E-state index in [1.165, 1.54) is 24.3 Å². The monoisotopic (exact) mass is 297 g/mol. The Labute approximate surface area is 114 Å². The van der Waals surface area contributed by atoms with Gasteiger partial charge in [0.1, 0.15) is 5.92 Å². The summed E-state index contributed by atoms with van der Waals surface area (Å²) >= 11 is 0. The highest BCUT2D eigenvalue weighted by molar-refractivity contribution is 7.89. The molecule has 1 aromatic rings. The number of rotatable bonds is 3. The molecule has 0 radical (unpaired) electrons. The van der Waals surface area contributed by atoms with Crippen LogP contribution in [-0.4, -0.2) is 26.3 Å². The van der Waals surface area contributed by atoms with E-state index in [1.54, 1.807) is 0 Å². The van der Waals surface area contributed by atoms with Crippen LogP contribution in [0.25, 0.3) is 0 Å². The average Bonchev–Trinajstić information content (AvgIpc) is 2.33. The SMILES string of the molecule is NS(=O)(=O)c1ccc(CC2C(=O)NC(=O)NC2=O)cc1. The molecule has 1 fully saturated rings. The normalized spacial score (nSPS) is 16.8. The lowest BCUT2D eigenvalue weighted by Crippen LogP contribution is -2.56. The van der Waals surface area contributed by atoms with Gasteiger partial charge in [-0.25, -0.2) is 18.4 Å². The Hall–Kier alpha value is -2.26. The second kappa shape index (κ2) is 5.02. The zero-order valence-electron chi connectivity index (χ0n) is 10.1. The first-order chi connectivity index (χ1) is 9.27. The smallest absolute Gasteiger partial charge is 0.277 e. The minimum atomic E-state index is -3.78. The molecule has 4 N–H and O–H groups in total. The number of nitrogens with one attached hydrogen (secondary N) is 2. The van der Waals surface area contributed by atoms with E-state index in [1.807, 2.05) is 10.6 Å². The van der Waals surface area contributed by atoms with Crippen molar-refractivity contribution in [3.8, 4) is 0 Å². The van der Waals surface area contributed by atoms with Crippen molar-refractivity contribution in [2.45, 2.75) is 11.3 Å². The third-order valence-electron chi connectivity index (χ3n) is 2.80. The maximum Gasteiger partial charge on any atom is 0.328 e. The van der Waals surface area contributed by atoms with Crippen LogP contribution in [0.5, 0.6) is 0 Å². The Morgan fingerprint density at radius 2 is 1.50 bits per heavy atom. The van der Waals surface area contributed by atoms with Gasteiger partial charge < -0.3 is 0 Å². The van der Waals surface area contributed by atoms with Gasteiger partial charge in [-0.15, -0.1) is 0 Å². The van der Waals surface area contributed by atoms with Crippen molar-refractivity contribution in [1.29, 1.82) is 0 Å². The molecule has 1 saturated heterocycles. The third kappa shape index (κ3) is 3.00. The Kier molecular flexibility index (Phi) is 3.55. The second-order valence-corrected chi connectivity index (χ2v) is 5.81. The number of imide groups is 2. The average molecular weight is 297 g/mol. The number of carbonyl (C=O) groups is 3. The molecule has 0 atom stereocenters. The summed E-state index contributed by atoms with van der Waals surface area (Å²) in [5.74, 6) is -2.41. The maximum absolute atomic E-state index is 11.5. The van der Waals surface area contributed by atoms with Crippen molar-refractivity contribution in [1.82, 2.24) is 10.6 Å². The molecule has 0 bridgehead atoms. The van der Waals surface area contributed by atoms with Gasteiger partial charge >= 0.3 is 6.03 Å². The van der Waals surface area contributed by atoms with Gasteiger partial charge in [0.05, 0.1) is 4.90 Å². The van der Waals surface area contributed by atoms with Crippen LogP contribution in [0.1, 0.15) is 5.56 Å². The highest BCUT2D eigenvalue weighted by Gasteiger charge is 2.33. The maximum atomic E-state index is 11.5. The number of benzene rings is 1. The number of hydrogen-bond acceptors (Lipinski definition) is 5. The molecule has 1 aliphatic heterocycles. The summed E-state index contributed by atoms with van der Waals surface area (Å²) in [5, 5.41) is 8.94. The molecule has 20 heavy (non-hydrogen) atoms. The molecule has 1 aliphatic rings. The molecule has 2 rings (SSSR count). The minimum Gasteiger partial charge on any atom is -0.277 e. The number of amides is 4. The quantitative estimate of drug-likeness (QED) is 0.606. The van der Waals surface area contributed by atoms with E-state index in [-0.39, 0.29) is 11.3 Å². The molecule has 106 valence electrons. The van der Waals surface area contributed by atoms with Crippen molar-refractivity contribution in [3.63, 3.8) is 0 Å². The minimum absolute atomic E-state index is 0.0514. The van der Waals surface area contributed by atoms with Crippen LogP contribution in [0.15, 0.2) is 29.2 Å². The van der Waals surface area contributed by atoms with Gasteiger partial charge in [-0.3, -0.25) is 20.2 Å². The molecular formula is C11H11N3O5S. The number of barbiturate groups is 1. The van der Waals surface area contributed by atoms with Gasteiger partial charge in [0.2, 0.25) is 21.8 Å². The van der Waals surface area contributed by atoms with Crippen LogP contribution in [-0.2, 0) is 26.0 Å². The summed E-state index contributed by atoms with van der Waals surface area (Å²) in [4.78, 5) is 33.9. The Balaban J connectivity index is 2.16. The Morgan fingerprint density at radius 1 is 1.00 bits per heavy atom. The Morgan fingerprint density at radius 3 is 1.95 bits per heavy atom. The summed E-state index contributed by atoms with van der Waals surface area (Å²) in [6.07, 6.45) is 0.0514. The van der Waals surface area contributed by atoms with Gasteiger partial charge in [-0.05, 0) is 24.1 Å². The highest BCUT2D eigenvalue weighted by atomic mass is 32.2. The predicted octanol–water partition coefficient (Wildman–Crippen LogP) is -1.14. The van der Waals surface area contributed by atoms with E-state index in [0.29, 0.717) is 5.56 Å². The lowest BCUT2D eigenvalue weighted by Gasteiger charge is -2.20. The number of primary sulfonamides is 1. The first kappa shape index (κ1) is 14.2. The van der Waals surface area contributed by atoms with Crippen molar-refractivity contribution in [3.05, 3.63) is 29.8 Å². The number of nitrogens with two attached hydrogens (primary N) is 1. The van der Waals surface area contributed by atoms with Gasteiger partial charge in [0.15, 0.2) is 0 Å². The predicted molar refractivity (Wildman–Crippen MR) is 66.7 cm³/mol. The van der Waals surface area contributed by atoms with Crippen molar-refractivity contribution in [2.24, 2.45) is 11.1 Å². The number of urea groups is 1. The second-order valence-electron chi connectivity index (χ2n) is 4.25. The van der Waals surface area contributed by atoms with Gasteiger partial charge in [0.25, 0.3) is 0 Å². The molecule has 4 amide bonds. The zero-order valence-corrected chi connectivity index (χ0v) is 10.9. The number of hydrogen-bond donors (Lipinski definition) is 3. The van der Waals surface area contributed by atoms with Gasteiger partial charge in [0, 0.05) is 0 Å². The van der Waals surface area contributed by atoms with E-state index in [4.69, 9.17) is 5.14 Å². The summed E-state index contributed by atoms with van der Waals surface area (Å²) in [6, 6.07) is 4.64. The molecule has 0 aliphatic carbocycles. The summed E-state index contributed by atoms with van der Waals surface area (Å²) in [6.45, 7) is 0. The van der Waals surface area contributed by atoms with E-state index in [2.05, 4.69) is 0 Å². The summed E-state index contributed by atoms with van der Waals surface area (Å²) in [7, 11) is -3.78. The lowest BCUT2D eigenvalue weighted by atomic mass is 9.96. The molecule has 0 spiro atoms. The topological polar surface area (TPSA) is 135 Å². The van der Waals surface area contributed by atoms with Crippen molar-refractivity contribution < 1.29 is 22.8 Å². The van der Waals surface area contributed by atoms with Crippen LogP contribution in [0.2, 0.25) is 0 Å². The first-order valence-corrected chi connectivity index (χ1v) is 7.09. The highest BCUT2D eigenvalue weighted by Crippen LogP contribution is 2.14. The van der Waals surface area contributed by atoms with Crippen molar-refractivity contribution in [2.75, 3.05) is 0 Å². The molecule has 0 saturated carbocycles. The summed E-state index contributed by atoms with van der Waals surface area (Å²) in [5.41, 5.74) is 0.571. The molecule has 1 aromatic carbocycles. The first-order valence-electron chi connectivity index (χ1n) is 5.55.